The number of aromatic nitrogens is 2. The number of carbonyl (C=O) groups is 1. The molecule has 1 aromatic heterocycles. The second-order valence-electron chi connectivity index (χ2n) is 7.16. The van der Waals surface area contributed by atoms with Crippen LogP contribution in [0.4, 0.5) is 0 Å². The van der Waals surface area contributed by atoms with Crippen molar-refractivity contribution in [1.29, 1.82) is 0 Å². The van der Waals surface area contributed by atoms with Crippen LogP contribution in [0.5, 0.6) is 0 Å². The lowest BCUT2D eigenvalue weighted by molar-refractivity contribution is 0.0644. The molecule has 0 aliphatic carbocycles. The van der Waals surface area contributed by atoms with Gasteiger partial charge >= 0.3 is 0 Å². The molecule has 8 nitrogen and oxygen atoms in total. The van der Waals surface area contributed by atoms with Gasteiger partial charge in [-0.15, -0.1) is 6.58 Å². The van der Waals surface area contributed by atoms with Gasteiger partial charge in [0.25, 0.3) is 11.5 Å². The molecule has 29 heavy (non-hydrogen) atoms. The molecule has 0 spiro atoms. The zero-order valence-electron chi connectivity index (χ0n) is 16.3. The summed E-state index contributed by atoms with van der Waals surface area (Å²) in [5, 5.41) is 0.461. The standard InChI is InChI=1S/C19H24N4O4S2/c1-3-6-23-18(25)15-5-4-14(13-16(15)20-19(23)28)17(24)22-9-7-21(8-10-22)11-12-29(2,26)27/h3-5,13H,1,6-12H2,2H3,(H,20,28). The van der Waals surface area contributed by atoms with Gasteiger partial charge in [0, 0.05) is 51.1 Å². The molecule has 0 unspecified atom stereocenters. The van der Waals surface area contributed by atoms with Crippen molar-refractivity contribution < 1.29 is 13.2 Å². The van der Waals surface area contributed by atoms with Gasteiger partial charge in [0.1, 0.15) is 9.84 Å². The number of sulfone groups is 1. The van der Waals surface area contributed by atoms with E-state index in [4.69, 9.17) is 12.2 Å². The molecule has 2 heterocycles. The molecule has 1 amide bonds. The summed E-state index contributed by atoms with van der Waals surface area (Å²) in [4.78, 5) is 32.3. The first-order valence-electron chi connectivity index (χ1n) is 9.27. The summed E-state index contributed by atoms with van der Waals surface area (Å²) in [7, 11) is -3.00. The number of carbonyl (C=O) groups excluding carboxylic acids is 1. The molecule has 1 aliphatic rings. The summed E-state index contributed by atoms with van der Waals surface area (Å²) in [6.45, 7) is 6.73. The van der Waals surface area contributed by atoms with Crippen LogP contribution in [0.3, 0.4) is 0 Å². The average Bonchev–Trinajstić information content (AvgIpc) is 2.68. The average molecular weight is 437 g/mol. The van der Waals surface area contributed by atoms with Crippen LogP contribution in [0.2, 0.25) is 0 Å². The predicted octanol–water partition coefficient (Wildman–Crippen LogP) is 1.05. The number of piperazine rings is 1. The molecule has 1 aliphatic heterocycles. The summed E-state index contributed by atoms with van der Waals surface area (Å²) in [5.41, 5.74) is 0.786. The molecule has 0 saturated carbocycles. The number of allylic oxidation sites excluding steroid dienone is 1. The minimum absolute atomic E-state index is 0.119. The lowest BCUT2D eigenvalue weighted by Gasteiger charge is -2.34. The van der Waals surface area contributed by atoms with Gasteiger partial charge in [-0.3, -0.25) is 19.1 Å². The third kappa shape index (κ3) is 5.01. The van der Waals surface area contributed by atoms with E-state index in [1.807, 2.05) is 4.90 Å². The van der Waals surface area contributed by atoms with Crippen molar-refractivity contribution in [2.24, 2.45) is 0 Å². The van der Waals surface area contributed by atoms with Gasteiger partial charge in [0.15, 0.2) is 4.77 Å². The van der Waals surface area contributed by atoms with Crippen molar-refractivity contribution in [2.75, 3.05) is 44.7 Å². The van der Waals surface area contributed by atoms with Gasteiger partial charge < -0.3 is 9.88 Å². The normalized spacial score (nSPS) is 15.6. The Kier molecular flexibility index (Phi) is 6.35. The van der Waals surface area contributed by atoms with E-state index in [9.17, 15) is 18.0 Å². The zero-order valence-corrected chi connectivity index (χ0v) is 17.9. The van der Waals surface area contributed by atoms with E-state index < -0.39 is 9.84 Å². The summed E-state index contributed by atoms with van der Waals surface area (Å²) in [6.07, 6.45) is 2.83. The lowest BCUT2D eigenvalue weighted by atomic mass is 10.1. The Morgan fingerprint density at radius 3 is 2.59 bits per heavy atom. The van der Waals surface area contributed by atoms with Crippen molar-refractivity contribution in [3.8, 4) is 0 Å². The molecule has 0 radical (unpaired) electrons. The fourth-order valence-electron chi connectivity index (χ4n) is 3.33. The van der Waals surface area contributed by atoms with Crippen LogP contribution in [0.15, 0.2) is 35.6 Å². The summed E-state index contributed by atoms with van der Waals surface area (Å²) in [6, 6.07) is 4.94. The fraction of sp³-hybridized carbons (Fsp3) is 0.421. The fourth-order valence-corrected chi connectivity index (χ4v) is 4.19. The molecule has 1 fully saturated rings. The Bertz CT molecular complexity index is 1160. The van der Waals surface area contributed by atoms with Gasteiger partial charge in [-0.1, -0.05) is 6.08 Å². The molecule has 1 N–H and O–H groups in total. The number of hydrogen-bond acceptors (Lipinski definition) is 6. The highest BCUT2D eigenvalue weighted by Crippen LogP contribution is 2.14. The highest BCUT2D eigenvalue weighted by Gasteiger charge is 2.23. The SMILES string of the molecule is C=CCn1c(=S)[nH]c2cc(C(=O)N3CCN(CCS(C)(=O)=O)CC3)ccc2c1=O. The Balaban J connectivity index is 1.75. The van der Waals surface area contributed by atoms with E-state index in [1.165, 1.54) is 10.8 Å². The van der Waals surface area contributed by atoms with Gasteiger partial charge in [-0.25, -0.2) is 8.42 Å². The number of hydrogen-bond donors (Lipinski definition) is 1. The first kappa shape index (κ1) is 21.4. The minimum atomic E-state index is -3.00. The number of amides is 1. The first-order chi connectivity index (χ1) is 13.7. The van der Waals surface area contributed by atoms with Gasteiger partial charge in [-0.05, 0) is 30.4 Å². The van der Waals surface area contributed by atoms with Gasteiger partial charge in [0.05, 0.1) is 16.7 Å². The molecule has 2 aromatic rings. The quantitative estimate of drug-likeness (QED) is 0.537. The Morgan fingerprint density at radius 2 is 1.97 bits per heavy atom. The Labute approximate surface area is 174 Å². The predicted molar refractivity (Wildman–Crippen MR) is 116 cm³/mol. The molecule has 3 rings (SSSR count). The number of nitrogens with zero attached hydrogens (tertiary/aromatic N) is 3. The van der Waals surface area contributed by atoms with E-state index in [-0.39, 0.29) is 22.0 Å². The van der Waals surface area contributed by atoms with Crippen LogP contribution in [0.1, 0.15) is 10.4 Å². The van der Waals surface area contributed by atoms with Crippen molar-refractivity contribution in [2.45, 2.75) is 6.54 Å². The number of aromatic amines is 1. The smallest absolute Gasteiger partial charge is 0.262 e. The Morgan fingerprint density at radius 1 is 1.28 bits per heavy atom. The molecule has 156 valence electrons. The van der Waals surface area contributed by atoms with Crippen LogP contribution in [0.25, 0.3) is 10.9 Å². The zero-order chi connectivity index (χ0) is 21.2. The van der Waals surface area contributed by atoms with E-state index in [0.717, 1.165) is 0 Å². The van der Waals surface area contributed by atoms with Crippen LogP contribution in [-0.4, -0.2) is 78.4 Å². The van der Waals surface area contributed by atoms with Gasteiger partial charge in [-0.2, -0.15) is 0 Å². The largest absolute Gasteiger partial charge is 0.336 e. The van der Waals surface area contributed by atoms with Crippen molar-refractivity contribution >= 4 is 38.9 Å². The third-order valence-corrected chi connectivity index (χ3v) is 6.22. The first-order valence-corrected chi connectivity index (χ1v) is 11.7. The van der Waals surface area contributed by atoms with Gasteiger partial charge in [0.2, 0.25) is 0 Å². The molecule has 1 saturated heterocycles. The molecule has 0 atom stereocenters. The van der Waals surface area contributed by atoms with Crippen LogP contribution >= 0.6 is 12.2 Å². The number of H-pyrrole nitrogens is 1. The van der Waals surface area contributed by atoms with Crippen molar-refractivity contribution in [3.05, 3.63) is 51.5 Å². The van der Waals surface area contributed by atoms with E-state index >= 15 is 0 Å². The number of benzene rings is 1. The lowest BCUT2D eigenvalue weighted by Crippen LogP contribution is -2.49. The summed E-state index contributed by atoms with van der Waals surface area (Å²) < 4.78 is 24.3. The second-order valence-corrected chi connectivity index (χ2v) is 9.81. The second kappa shape index (κ2) is 8.60. The highest BCUT2D eigenvalue weighted by atomic mass is 32.2. The maximum absolute atomic E-state index is 12.9. The molecule has 0 bridgehead atoms. The topological polar surface area (TPSA) is 95.5 Å². The van der Waals surface area contributed by atoms with E-state index in [1.54, 1.807) is 29.2 Å². The van der Waals surface area contributed by atoms with Crippen LogP contribution in [-0.2, 0) is 16.4 Å². The maximum atomic E-state index is 12.9. The molecular formula is C19H24N4O4S2. The number of nitrogens with one attached hydrogen (secondary N) is 1. The van der Waals surface area contributed by atoms with Crippen molar-refractivity contribution in [1.82, 2.24) is 19.4 Å². The summed E-state index contributed by atoms with van der Waals surface area (Å²) in [5.74, 6) is -0.00177. The molecular weight excluding hydrogens is 412 g/mol. The van der Waals surface area contributed by atoms with Crippen LogP contribution in [0, 0.1) is 4.77 Å². The third-order valence-electron chi connectivity index (χ3n) is 4.98. The van der Waals surface area contributed by atoms with Crippen LogP contribution < -0.4 is 5.56 Å². The maximum Gasteiger partial charge on any atom is 0.262 e. The van der Waals surface area contributed by atoms with E-state index in [0.29, 0.717) is 55.7 Å². The monoisotopic (exact) mass is 436 g/mol. The number of fused-ring (bicyclic) bond motifs is 1. The molecule has 10 heteroatoms. The number of rotatable bonds is 6. The molecule has 1 aromatic carbocycles. The summed E-state index contributed by atoms with van der Waals surface area (Å²) >= 11 is 5.25. The Hall–Kier alpha value is -2.30. The van der Waals surface area contributed by atoms with Crippen molar-refractivity contribution in [3.63, 3.8) is 0 Å². The highest BCUT2D eigenvalue weighted by molar-refractivity contribution is 7.90. The van der Waals surface area contributed by atoms with E-state index in [2.05, 4.69) is 11.6 Å². The minimum Gasteiger partial charge on any atom is -0.336 e.